The molecule has 0 amide bonds. The molecule has 7 nitrogen and oxygen atoms in total. The number of benzene rings is 3. The Labute approximate surface area is 305 Å². The van der Waals surface area contributed by atoms with Crippen LogP contribution in [0.2, 0.25) is 5.02 Å². The van der Waals surface area contributed by atoms with E-state index in [-0.39, 0.29) is 11.7 Å². The third kappa shape index (κ3) is 9.34. The molecule has 8 heteroatoms. The molecule has 50 heavy (non-hydrogen) atoms. The molecule has 1 aliphatic heterocycles. The van der Waals surface area contributed by atoms with Crippen LogP contribution in [0.5, 0.6) is 17.2 Å². The van der Waals surface area contributed by atoms with Crippen molar-refractivity contribution in [1.82, 2.24) is 9.80 Å². The fourth-order valence-corrected chi connectivity index (χ4v) is 7.30. The highest BCUT2D eigenvalue weighted by molar-refractivity contribution is 6.32. The van der Waals surface area contributed by atoms with Crippen LogP contribution in [0.15, 0.2) is 53.5 Å². The first-order valence-corrected chi connectivity index (χ1v) is 18.7. The van der Waals surface area contributed by atoms with Gasteiger partial charge in [-0.15, -0.1) is 0 Å². The van der Waals surface area contributed by atoms with E-state index in [2.05, 4.69) is 79.0 Å². The van der Waals surface area contributed by atoms with Crippen molar-refractivity contribution in [3.63, 3.8) is 0 Å². The van der Waals surface area contributed by atoms with Crippen LogP contribution in [-0.4, -0.2) is 73.8 Å². The minimum absolute atomic E-state index is 0.0921. The van der Waals surface area contributed by atoms with E-state index >= 15 is 0 Å². The van der Waals surface area contributed by atoms with Crippen LogP contribution in [0.3, 0.4) is 0 Å². The number of ether oxygens (including phenoxy) is 4. The summed E-state index contributed by atoms with van der Waals surface area (Å²) in [5.41, 5.74) is 7.29. The third-order valence-electron chi connectivity index (χ3n) is 9.97. The van der Waals surface area contributed by atoms with Gasteiger partial charge >= 0.3 is 0 Å². The smallest absolute Gasteiger partial charge is 0.184 e. The Hall–Kier alpha value is -3.26. The predicted molar refractivity (Wildman–Crippen MR) is 206 cm³/mol. The van der Waals surface area contributed by atoms with Crippen molar-refractivity contribution in [3.8, 4) is 28.4 Å². The molecule has 0 N–H and O–H groups in total. The molecule has 0 unspecified atom stereocenters. The first kappa shape index (κ1) is 38.0. The van der Waals surface area contributed by atoms with Gasteiger partial charge in [-0.3, -0.25) is 9.89 Å². The molecule has 0 bridgehead atoms. The number of rotatable bonds is 15. The number of aliphatic imine (C=N–C) groups is 1. The van der Waals surface area contributed by atoms with Crippen molar-refractivity contribution in [2.24, 2.45) is 4.99 Å². The average Bonchev–Trinajstić information content (AvgIpc) is 3.47. The van der Waals surface area contributed by atoms with Crippen LogP contribution >= 0.6 is 11.6 Å². The first-order chi connectivity index (χ1) is 23.8. The molecular weight excluding hydrogens is 646 g/mol. The Morgan fingerprint density at radius 2 is 1.80 bits per heavy atom. The lowest BCUT2D eigenvalue weighted by molar-refractivity contribution is 0.0123. The lowest BCUT2D eigenvalue weighted by Crippen LogP contribution is -2.55. The second-order valence-corrected chi connectivity index (χ2v) is 15.7. The van der Waals surface area contributed by atoms with Gasteiger partial charge in [0, 0.05) is 56.8 Å². The van der Waals surface area contributed by atoms with E-state index in [1.165, 1.54) is 40.8 Å². The van der Waals surface area contributed by atoms with E-state index in [1.807, 2.05) is 39.8 Å². The van der Waals surface area contributed by atoms with Gasteiger partial charge in [0.1, 0.15) is 29.0 Å². The Morgan fingerprint density at radius 1 is 1.04 bits per heavy atom. The SMILES string of the molecule is CCOc1cc(O[C@H]2CCc3c(-c4cccc(OCCCN5CCC5(C)C)c4C)cccc32)c(Cl)cc1CN(C)CC/C(=N\C)OC(C)(C)C. The predicted octanol–water partition coefficient (Wildman–Crippen LogP) is 9.70. The van der Waals surface area contributed by atoms with Crippen LogP contribution in [0.25, 0.3) is 11.1 Å². The summed E-state index contributed by atoms with van der Waals surface area (Å²) >= 11 is 6.92. The molecule has 1 heterocycles. The highest BCUT2D eigenvalue weighted by Crippen LogP contribution is 2.44. The molecule has 0 spiro atoms. The maximum atomic E-state index is 6.92. The van der Waals surface area contributed by atoms with Gasteiger partial charge in [0.05, 0.1) is 18.2 Å². The summed E-state index contributed by atoms with van der Waals surface area (Å²) in [6, 6.07) is 16.9. The van der Waals surface area contributed by atoms with Crippen LogP contribution in [-0.2, 0) is 17.7 Å². The van der Waals surface area contributed by atoms with Gasteiger partial charge in [-0.2, -0.15) is 0 Å². The van der Waals surface area contributed by atoms with Crippen molar-refractivity contribution >= 4 is 17.5 Å². The summed E-state index contributed by atoms with van der Waals surface area (Å²) in [4.78, 5) is 9.13. The number of fused-ring (bicyclic) bond motifs is 1. The van der Waals surface area contributed by atoms with Crippen molar-refractivity contribution in [1.29, 1.82) is 0 Å². The summed E-state index contributed by atoms with van der Waals surface area (Å²) < 4.78 is 25.2. The lowest BCUT2D eigenvalue weighted by Gasteiger charge is -2.48. The van der Waals surface area contributed by atoms with Gasteiger partial charge in [-0.25, -0.2) is 0 Å². The van der Waals surface area contributed by atoms with Crippen molar-refractivity contribution in [3.05, 3.63) is 75.8 Å². The van der Waals surface area contributed by atoms with E-state index in [1.54, 1.807) is 7.05 Å². The van der Waals surface area contributed by atoms with Crippen molar-refractivity contribution in [2.75, 3.05) is 46.9 Å². The summed E-state index contributed by atoms with van der Waals surface area (Å²) in [5.74, 6) is 3.16. The molecule has 0 saturated carbocycles. The van der Waals surface area contributed by atoms with Crippen LogP contribution < -0.4 is 14.2 Å². The number of halogens is 1. The van der Waals surface area contributed by atoms with E-state index in [4.69, 9.17) is 30.5 Å². The number of hydrogen-bond acceptors (Lipinski definition) is 7. The number of nitrogens with zero attached hydrogens (tertiary/aromatic N) is 3. The summed E-state index contributed by atoms with van der Waals surface area (Å²) in [6.07, 6.45) is 4.76. The first-order valence-electron chi connectivity index (χ1n) is 18.3. The quantitative estimate of drug-likeness (QED) is 0.0893. The molecular formula is C42H58ClN3O4. The van der Waals surface area contributed by atoms with Gasteiger partial charge in [0.25, 0.3) is 0 Å². The Bertz CT molecular complexity index is 1650. The molecule has 2 aliphatic rings. The second-order valence-electron chi connectivity index (χ2n) is 15.3. The highest BCUT2D eigenvalue weighted by Gasteiger charge is 2.35. The van der Waals surface area contributed by atoms with E-state index in [0.29, 0.717) is 29.5 Å². The lowest BCUT2D eigenvalue weighted by atomic mass is 9.89. The maximum absolute atomic E-state index is 6.92. The van der Waals surface area contributed by atoms with Gasteiger partial charge in [0.2, 0.25) is 0 Å². The van der Waals surface area contributed by atoms with Crippen molar-refractivity contribution < 1.29 is 18.9 Å². The summed E-state index contributed by atoms with van der Waals surface area (Å²) in [5, 5.41) is 0.590. The molecule has 1 fully saturated rings. The van der Waals surface area contributed by atoms with E-state index in [9.17, 15) is 0 Å². The minimum Gasteiger partial charge on any atom is -0.493 e. The fraction of sp³-hybridized carbons (Fsp3) is 0.548. The Balaban J connectivity index is 1.26. The molecule has 1 atom stereocenters. The van der Waals surface area contributed by atoms with Crippen LogP contribution in [0.1, 0.15) is 95.6 Å². The molecule has 1 saturated heterocycles. The number of hydrogen-bond donors (Lipinski definition) is 0. The normalized spacial score (nSPS) is 17.4. The van der Waals surface area contributed by atoms with Gasteiger partial charge in [0.15, 0.2) is 5.90 Å². The van der Waals surface area contributed by atoms with Crippen molar-refractivity contribution in [2.45, 2.75) is 104 Å². The summed E-state index contributed by atoms with van der Waals surface area (Å²) in [7, 11) is 3.87. The Kier molecular flexibility index (Phi) is 12.5. The average molecular weight is 704 g/mol. The summed E-state index contributed by atoms with van der Waals surface area (Å²) in [6.45, 7) is 20.0. The van der Waals surface area contributed by atoms with E-state index < -0.39 is 0 Å². The monoisotopic (exact) mass is 703 g/mol. The zero-order valence-electron chi connectivity index (χ0n) is 31.8. The Morgan fingerprint density at radius 3 is 2.48 bits per heavy atom. The van der Waals surface area contributed by atoms with E-state index in [0.717, 1.165) is 68.3 Å². The van der Waals surface area contributed by atoms with Gasteiger partial charge in [-0.05, 0) is 121 Å². The highest BCUT2D eigenvalue weighted by atomic mass is 35.5. The van der Waals surface area contributed by atoms with Crippen LogP contribution in [0, 0.1) is 6.92 Å². The zero-order valence-corrected chi connectivity index (χ0v) is 32.6. The molecule has 0 radical (unpaired) electrons. The molecule has 3 aromatic rings. The fourth-order valence-electron chi connectivity index (χ4n) is 7.07. The molecule has 0 aromatic heterocycles. The van der Waals surface area contributed by atoms with Gasteiger partial charge in [-0.1, -0.05) is 41.9 Å². The zero-order chi connectivity index (χ0) is 36.1. The third-order valence-corrected chi connectivity index (χ3v) is 10.3. The topological polar surface area (TPSA) is 55.8 Å². The second kappa shape index (κ2) is 16.4. The standard InChI is InChI=1S/C42H58ClN3O4/c1-10-47-38-27-39(35(43)26-30(38)28-45(9)23-20-40(44-8)50-41(3,4)5)49-37-19-18-33-32(15-11-16-34(33)37)31-14-12-17-36(29(31)2)48-25-13-22-46-24-21-42(46,6)7/h11-12,14-17,26-27,37H,10,13,18-25,28H2,1-9H3/b44-40+/t37-/m0/s1. The molecule has 1 aliphatic carbocycles. The maximum Gasteiger partial charge on any atom is 0.184 e. The van der Waals surface area contributed by atoms with Gasteiger partial charge < -0.3 is 23.8 Å². The number of likely N-dealkylation sites (tertiary alicyclic amines) is 1. The minimum atomic E-state index is -0.274. The molecule has 5 rings (SSSR count). The molecule has 272 valence electrons. The largest absolute Gasteiger partial charge is 0.493 e. The molecule has 3 aromatic carbocycles. The van der Waals surface area contributed by atoms with Crippen LogP contribution in [0.4, 0.5) is 0 Å².